The van der Waals surface area contributed by atoms with Gasteiger partial charge >= 0.3 is 5.97 Å². The predicted molar refractivity (Wildman–Crippen MR) is 59.4 cm³/mol. The summed E-state index contributed by atoms with van der Waals surface area (Å²) < 4.78 is 12.6. The van der Waals surface area contributed by atoms with Crippen molar-refractivity contribution in [2.75, 3.05) is 5.32 Å². The van der Waals surface area contributed by atoms with Crippen molar-refractivity contribution in [2.24, 2.45) is 5.41 Å². The first kappa shape index (κ1) is 13.1. The molecule has 0 radical (unpaired) electrons. The molecular formula is C11H13FN2O3. The molecule has 0 saturated heterocycles. The summed E-state index contributed by atoms with van der Waals surface area (Å²) in [4.78, 5) is 22.5. The fourth-order valence-electron chi connectivity index (χ4n) is 1.45. The van der Waals surface area contributed by atoms with E-state index in [0.29, 0.717) is 18.5 Å². The Bertz CT molecular complexity index is 441. The van der Waals surface area contributed by atoms with Crippen LogP contribution in [0.2, 0.25) is 0 Å². The number of carbonyl (C=O) groups is 2. The molecule has 6 heteroatoms. The highest BCUT2D eigenvalue weighted by molar-refractivity contribution is 6.10. The Kier molecular flexibility index (Phi) is 3.47. The lowest BCUT2D eigenvalue weighted by molar-refractivity contribution is -0.147. The van der Waals surface area contributed by atoms with Gasteiger partial charge in [-0.25, -0.2) is 4.39 Å². The summed E-state index contributed by atoms with van der Waals surface area (Å²) in [5.74, 6) is -2.05. The van der Waals surface area contributed by atoms with Crippen LogP contribution in [0.15, 0.2) is 24.3 Å². The average molecular weight is 240 g/mol. The number of halogens is 1. The highest BCUT2D eigenvalue weighted by Crippen LogP contribution is 2.46. The van der Waals surface area contributed by atoms with Gasteiger partial charge in [-0.15, -0.1) is 0 Å². The third-order valence-electron chi connectivity index (χ3n) is 2.70. The number of anilines is 1. The number of amides is 1. The molecule has 17 heavy (non-hydrogen) atoms. The van der Waals surface area contributed by atoms with E-state index in [1.54, 1.807) is 0 Å². The van der Waals surface area contributed by atoms with Gasteiger partial charge < -0.3 is 16.6 Å². The van der Waals surface area contributed by atoms with Crippen molar-refractivity contribution in [1.82, 2.24) is 6.15 Å². The molecule has 1 aromatic rings. The van der Waals surface area contributed by atoms with Crippen molar-refractivity contribution in [3.05, 3.63) is 30.1 Å². The second-order valence-corrected chi connectivity index (χ2v) is 3.85. The Morgan fingerprint density at radius 3 is 2.18 bits per heavy atom. The molecule has 5 nitrogen and oxygen atoms in total. The number of carbonyl (C=O) groups excluding carboxylic acids is 1. The van der Waals surface area contributed by atoms with E-state index in [1.165, 1.54) is 24.3 Å². The number of carboxylic acids is 1. The van der Waals surface area contributed by atoms with Crippen LogP contribution < -0.4 is 11.5 Å². The fraction of sp³-hybridized carbons (Fsp3) is 0.273. The standard InChI is InChI=1S/C11H10FNO3.H3N/c12-7-1-3-8(4-2-7)13-9(14)11(5-6-11)10(15)16;/h1-4H,5-6H2,(H,13,14)(H,15,16);1H3. The zero-order valence-corrected chi connectivity index (χ0v) is 9.07. The van der Waals surface area contributed by atoms with Crippen molar-refractivity contribution in [3.8, 4) is 0 Å². The predicted octanol–water partition coefficient (Wildman–Crippen LogP) is 1.79. The first-order chi connectivity index (χ1) is 7.54. The minimum absolute atomic E-state index is 0. The Hall–Kier alpha value is -1.95. The normalized spacial score (nSPS) is 15.6. The molecule has 0 spiro atoms. The van der Waals surface area contributed by atoms with Crippen LogP contribution in [0, 0.1) is 11.2 Å². The van der Waals surface area contributed by atoms with Gasteiger partial charge in [0, 0.05) is 5.69 Å². The number of benzene rings is 1. The summed E-state index contributed by atoms with van der Waals surface area (Å²) in [5, 5.41) is 11.3. The van der Waals surface area contributed by atoms with Gasteiger partial charge in [0.05, 0.1) is 0 Å². The molecule has 1 fully saturated rings. The highest BCUT2D eigenvalue weighted by atomic mass is 19.1. The third kappa shape index (κ3) is 2.42. The summed E-state index contributed by atoms with van der Waals surface area (Å²) in [6, 6.07) is 5.20. The van der Waals surface area contributed by atoms with Crippen molar-refractivity contribution in [1.29, 1.82) is 0 Å². The van der Waals surface area contributed by atoms with Crippen LogP contribution in [0.25, 0.3) is 0 Å². The highest BCUT2D eigenvalue weighted by Gasteiger charge is 2.57. The van der Waals surface area contributed by atoms with Gasteiger partial charge in [0.2, 0.25) is 5.91 Å². The molecule has 1 aromatic carbocycles. The van der Waals surface area contributed by atoms with Gasteiger partial charge in [0.1, 0.15) is 11.2 Å². The molecule has 0 atom stereocenters. The zero-order chi connectivity index (χ0) is 11.8. The van der Waals surface area contributed by atoms with Gasteiger partial charge in [-0.1, -0.05) is 0 Å². The quantitative estimate of drug-likeness (QED) is 0.701. The lowest BCUT2D eigenvalue weighted by atomic mass is 10.1. The molecule has 0 aliphatic heterocycles. The maximum absolute atomic E-state index is 12.6. The van der Waals surface area contributed by atoms with Crippen LogP contribution in [0.4, 0.5) is 10.1 Å². The SMILES string of the molecule is N.O=C(O)C1(C(=O)Nc2ccc(F)cc2)CC1. The molecule has 0 aromatic heterocycles. The number of carboxylic acid groups (broad SMARTS) is 1. The van der Waals surface area contributed by atoms with Crippen LogP contribution in [-0.2, 0) is 9.59 Å². The molecule has 0 heterocycles. The zero-order valence-electron chi connectivity index (χ0n) is 9.07. The number of rotatable bonds is 3. The number of nitrogens with one attached hydrogen (secondary N) is 1. The van der Waals surface area contributed by atoms with E-state index < -0.39 is 23.1 Å². The first-order valence-electron chi connectivity index (χ1n) is 4.85. The Balaban J connectivity index is 0.00000144. The van der Waals surface area contributed by atoms with E-state index in [4.69, 9.17) is 5.11 Å². The maximum Gasteiger partial charge on any atom is 0.319 e. The van der Waals surface area contributed by atoms with E-state index in [2.05, 4.69) is 5.32 Å². The van der Waals surface area contributed by atoms with Gasteiger partial charge in [-0.05, 0) is 37.1 Å². The molecule has 0 unspecified atom stereocenters. The second kappa shape index (κ2) is 4.50. The second-order valence-electron chi connectivity index (χ2n) is 3.85. The van der Waals surface area contributed by atoms with Crippen LogP contribution >= 0.6 is 0 Å². The molecule has 92 valence electrons. The summed E-state index contributed by atoms with van der Waals surface area (Å²) in [7, 11) is 0. The molecule has 1 amide bonds. The van der Waals surface area contributed by atoms with Gasteiger partial charge in [0.25, 0.3) is 0 Å². The van der Waals surface area contributed by atoms with E-state index in [-0.39, 0.29) is 6.15 Å². The van der Waals surface area contributed by atoms with Crippen molar-refractivity contribution < 1.29 is 19.1 Å². The van der Waals surface area contributed by atoms with Gasteiger partial charge in [0.15, 0.2) is 0 Å². The minimum atomic E-state index is -1.27. The Morgan fingerprint density at radius 1 is 1.24 bits per heavy atom. The monoisotopic (exact) mass is 240 g/mol. The summed E-state index contributed by atoms with van der Waals surface area (Å²) in [6.07, 6.45) is 0.713. The van der Waals surface area contributed by atoms with Crippen molar-refractivity contribution >= 4 is 17.6 Å². The van der Waals surface area contributed by atoms with Crippen molar-refractivity contribution in [2.45, 2.75) is 12.8 Å². The van der Waals surface area contributed by atoms with Crippen LogP contribution in [0.3, 0.4) is 0 Å². The average Bonchev–Trinajstić information content (AvgIpc) is 3.02. The molecule has 0 bridgehead atoms. The first-order valence-corrected chi connectivity index (χ1v) is 4.85. The molecule has 1 saturated carbocycles. The van der Waals surface area contributed by atoms with Gasteiger partial charge in [-0.2, -0.15) is 0 Å². The van der Waals surface area contributed by atoms with Crippen LogP contribution in [0.1, 0.15) is 12.8 Å². The van der Waals surface area contributed by atoms with E-state index in [9.17, 15) is 14.0 Å². The molecule has 1 aliphatic rings. The van der Waals surface area contributed by atoms with Crippen LogP contribution in [0.5, 0.6) is 0 Å². The van der Waals surface area contributed by atoms with E-state index >= 15 is 0 Å². The lowest BCUT2D eigenvalue weighted by Crippen LogP contribution is -2.31. The summed E-state index contributed by atoms with van der Waals surface area (Å²) in [5.41, 5.74) is -0.868. The number of aliphatic carboxylic acids is 1. The maximum atomic E-state index is 12.6. The van der Waals surface area contributed by atoms with Crippen molar-refractivity contribution in [3.63, 3.8) is 0 Å². The molecule has 5 N–H and O–H groups in total. The topological polar surface area (TPSA) is 101 Å². The van der Waals surface area contributed by atoms with E-state index in [1.807, 2.05) is 0 Å². The van der Waals surface area contributed by atoms with E-state index in [0.717, 1.165) is 0 Å². The molecule has 2 rings (SSSR count). The third-order valence-corrected chi connectivity index (χ3v) is 2.70. The van der Waals surface area contributed by atoms with Crippen LogP contribution in [-0.4, -0.2) is 17.0 Å². The minimum Gasteiger partial charge on any atom is -0.480 e. The van der Waals surface area contributed by atoms with Gasteiger partial charge in [-0.3, -0.25) is 9.59 Å². The summed E-state index contributed by atoms with van der Waals surface area (Å²) in [6.45, 7) is 0. The smallest absolute Gasteiger partial charge is 0.319 e. The fourth-order valence-corrected chi connectivity index (χ4v) is 1.45. The Labute approximate surface area is 97.2 Å². The Morgan fingerprint density at radius 2 is 1.76 bits per heavy atom. The molecular weight excluding hydrogens is 227 g/mol. The summed E-state index contributed by atoms with van der Waals surface area (Å²) >= 11 is 0. The lowest BCUT2D eigenvalue weighted by Gasteiger charge is -2.10. The number of hydrogen-bond donors (Lipinski definition) is 3. The largest absolute Gasteiger partial charge is 0.480 e. The number of hydrogen-bond acceptors (Lipinski definition) is 3. The molecule has 1 aliphatic carbocycles.